The van der Waals surface area contributed by atoms with Gasteiger partial charge < -0.3 is 24.8 Å². The molecule has 1 amide bonds. The zero-order chi connectivity index (χ0) is 24.8. The highest BCUT2D eigenvalue weighted by molar-refractivity contribution is 5.99. The first kappa shape index (κ1) is 25.9. The van der Waals surface area contributed by atoms with E-state index in [9.17, 15) is 14.3 Å². The molecule has 1 aromatic rings. The predicted molar refractivity (Wildman–Crippen MR) is 131 cm³/mol. The summed E-state index contributed by atoms with van der Waals surface area (Å²) in [5.74, 6) is 0.329. The van der Waals surface area contributed by atoms with Crippen LogP contribution < -0.4 is 5.32 Å². The second kappa shape index (κ2) is 12.1. The number of phenolic OH excluding ortho intramolecular Hbond substituents is 1. The van der Waals surface area contributed by atoms with Crippen LogP contribution in [0.3, 0.4) is 0 Å². The minimum absolute atomic E-state index is 0.0212. The van der Waals surface area contributed by atoms with Gasteiger partial charge in [0, 0.05) is 38.3 Å². The van der Waals surface area contributed by atoms with Crippen molar-refractivity contribution in [3.63, 3.8) is 0 Å². The molecule has 4 rings (SSSR count). The van der Waals surface area contributed by atoms with Gasteiger partial charge in [0.2, 0.25) is 5.91 Å². The van der Waals surface area contributed by atoms with Gasteiger partial charge in [-0.1, -0.05) is 0 Å². The van der Waals surface area contributed by atoms with Crippen molar-refractivity contribution in [2.24, 2.45) is 5.92 Å². The zero-order valence-corrected chi connectivity index (χ0v) is 20.7. The van der Waals surface area contributed by atoms with Gasteiger partial charge in [-0.2, -0.15) is 0 Å². The van der Waals surface area contributed by atoms with E-state index in [1.165, 1.54) is 0 Å². The molecule has 0 unspecified atom stereocenters. The van der Waals surface area contributed by atoms with Crippen molar-refractivity contribution in [1.29, 1.82) is 5.41 Å². The van der Waals surface area contributed by atoms with E-state index in [4.69, 9.17) is 14.9 Å². The van der Waals surface area contributed by atoms with E-state index in [1.54, 1.807) is 13.0 Å². The first-order valence-electron chi connectivity index (χ1n) is 13.0. The van der Waals surface area contributed by atoms with Crippen molar-refractivity contribution in [3.05, 3.63) is 29.1 Å². The number of aromatic hydroxyl groups is 1. The molecule has 2 aliphatic heterocycles. The molecule has 0 atom stereocenters. The molecule has 3 N–H and O–H groups in total. The molecule has 35 heavy (non-hydrogen) atoms. The maximum atomic E-state index is 13.6. The summed E-state index contributed by atoms with van der Waals surface area (Å²) in [5, 5.41) is 21.7. The third kappa shape index (κ3) is 7.15. The Bertz CT molecular complexity index is 876. The lowest BCUT2D eigenvalue weighted by Crippen LogP contribution is -2.49. The number of amidine groups is 1. The van der Waals surface area contributed by atoms with Crippen molar-refractivity contribution in [2.75, 3.05) is 45.9 Å². The van der Waals surface area contributed by atoms with Crippen molar-refractivity contribution in [2.45, 2.75) is 64.2 Å². The van der Waals surface area contributed by atoms with Gasteiger partial charge in [-0.05, 0) is 69.5 Å². The van der Waals surface area contributed by atoms with E-state index in [2.05, 4.69) is 10.2 Å². The van der Waals surface area contributed by atoms with Crippen molar-refractivity contribution >= 4 is 11.7 Å². The SMILES string of the molecule is Cc1cc(C(=N)N2CCN(CCC3CCC(NC(=O)CC4OCCCO4)CC3)CC2)c(O)cc1F. The highest BCUT2D eigenvalue weighted by Crippen LogP contribution is 2.28. The smallest absolute Gasteiger partial charge is 0.225 e. The number of ether oxygens (including phenoxy) is 2. The number of nitrogens with one attached hydrogen (secondary N) is 2. The number of rotatable bonds is 7. The van der Waals surface area contributed by atoms with Crippen molar-refractivity contribution < 1.29 is 23.8 Å². The van der Waals surface area contributed by atoms with Crippen molar-refractivity contribution in [1.82, 2.24) is 15.1 Å². The number of halogens is 1. The summed E-state index contributed by atoms with van der Waals surface area (Å²) in [5.41, 5.74) is 0.822. The van der Waals surface area contributed by atoms with Gasteiger partial charge in [0.25, 0.3) is 0 Å². The van der Waals surface area contributed by atoms with E-state index < -0.39 is 12.1 Å². The first-order valence-corrected chi connectivity index (χ1v) is 13.0. The van der Waals surface area contributed by atoms with Gasteiger partial charge in [0.15, 0.2) is 6.29 Å². The van der Waals surface area contributed by atoms with E-state index >= 15 is 0 Å². The van der Waals surface area contributed by atoms with Crippen LogP contribution >= 0.6 is 0 Å². The third-order valence-corrected chi connectivity index (χ3v) is 7.53. The molecule has 2 saturated heterocycles. The van der Waals surface area contributed by atoms with E-state index in [-0.39, 0.29) is 30.0 Å². The second-order valence-corrected chi connectivity index (χ2v) is 10.1. The van der Waals surface area contributed by atoms with Crippen LogP contribution in [-0.4, -0.2) is 84.9 Å². The topological polar surface area (TPSA) is 98.1 Å². The van der Waals surface area contributed by atoms with Crippen molar-refractivity contribution in [3.8, 4) is 5.75 Å². The molecule has 0 bridgehead atoms. The predicted octanol–water partition coefficient (Wildman–Crippen LogP) is 3.00. The lowest BCUT2D eigenvalue weighted by atomic mass is 9.84. The molecule has 194 valence electrons. The summed E-state index contributed by atoms with van der Waals surface area (Å²) in [7, 11) is 0. The molecular formula is C26H39FN4O4. The Balaban J connectivity index is 1.12. The maximum Gasteiger partial charge on any atom is 0.225 e. The minimum Gasteiger partial charge on any atom is -0.507 e. The molecule has 0 aromatic heterocycles. The number of hydrogen-bond acceptors (Lipinski definition) is 6. The molecule has 8 nitrogen and oxygen atoms in total. The number of hydrogen-bond donors (Lipinski definition) is 3. The number of nitrogens with zero attached hydrogens (tertiary/aromatic N) is 2. The molecule has 3 aliphatic rings. The number of carbonyl (C=O) groups is 1. The Morgan fingerprint density at radius 2 is 1.83 bits per heavy atom. The van der Waals surface area contributed by atoms with Crippen LogP contribution in [-0.2, 0) is 14.3 Å². The number of carbonyl (C=O) groups excluding carboxylic acids is 1. The average molecular weight is 491 g/mol. The Labute approximate surface area is 207 Å². The summed E-state index contributed by atoms with van der Waals surface area (Å²) in [6, 6.07) is 2.90. The van der Waals surface area contributed by atoms with Crippen LogP contribution in [0.4, 0.5) is 4.39 Å². The first-order chi connectivity index (χ1) is 16.9. The number of amides is 1. The minimum atomic E-state index is -0.455. The fourth-order valence-electron chi connectivity index (χ4n) is 5.28. The van der Waals surface area contributed by atoms with Crippen LogP contribution in [0, 0.1) is 24.1 Å². The van der Waals surface area contributed by atoms with Gasteiger partial charge in [-0.25, -0.2) is 4.39 Å². The number of aryl methyl sites for hydroxylation is 1. The number of piperazine rings is 1. The quantitative estimate of drug-likeness (QED) is 0.402. The number of phenols is 1. The van der Waals surface area contributed by atoms with Crippen LogP contribution in [0.15, 0.2) is 12.1 Å². The molecule has 2 heterocycles. The fourth-order valence-corrected chi connectivity index (χ4v) is 5.28. The van der Waals surface area contributed by atoms with Crippen LogP contribution in [0.2, 0.25) is 0 Å². The Kier molecular flexibility index (Phi) is 8.97. The second-order valence-electron chi connectivity index (χ2n) is 10.1. The largest absolute Gasteiger partial charge is 0.507 e. The van der Waals surface area contributed by atoms with Gasteiger partial charge in [-0.3, -0.25) is 15.1 Å². The molecule has 9 heteroatoms. The van der Waals surface area contributed by atoms with Gasteiger partial charge in [0.1, 0.15) is 17.4 Å². The zero-order valence-electron chi connectivity index (χ0n) is 20.7. The summed E-state index contributed by atoms with van der Waals surface area (Å²) < 4.78 is 24.6. The standard InChI is InChI=1S/C26H39FN4O4/c1-18-15-21(23(32)16-22(18)27)26(28)31-11-9-30(10-12-31)8-7-19-3-5-20(6-4-19)29-24(33)17-25-34-13-2-14-35-25/h15-16,19-20,25,28,32H,2-14,17H2,1H3,(H,29,33). The Morgan fingerprint density at radius 3 is 2.51 bits per heavy atom. The molecule has 3 fully saturated rings. The summed E-state index contributed by atoms with van der Waals surface area (Å²) in [4.78, 5) is 16.7. The van der Waals surface area contributed by atoms with Crippen LogP contribution in [0.25, 0.3) is 0 Å². The molecule has 0 spiro atoms. The van der Waals surface area contributed by atoms with Gasteiger partial charge in [-0.15, -0.1) is 0 Å². The van der Waals surface area contributed by atoms with E-state index in [0.29, 0.717) is 30.3 Å². The van der Waals surface area contributed by atoms with Gasteiger partial charge in [0.05, 0.1) is 25.2 Å². The average Bonchev–Trinajstić information content (AvgIpc) is 2.86. The molecular weight excluding hydrogens is 451 g/mol. The highest BCUT2D eigenvalue weighted by atomic mass is 19.1. The molecule has 1 aromatic carbocycles. The molecule has 1 aliphatic carbocycles. The molecule has 1 saturated carbocycles. The summed E-state index contributed by atoms with van der Waals surface area (Å²) in [6.07, 6.45) is 6.24. The lowest BCUT2D eigenvalue weighted by Gasteiger charge is -2.37. The fraction of sp³-hybridized carbons (Fsp3) is 0.692. The summed E-state index contributed by atoms with van der Waals surface area (Å²) in [6.45, 7) is 7.21. The van der Waals surface area contributed by atoms with Crippen LogP contribution in [0.1, 0.15) is 56.1 Å². The lowest BCUT2D eigenvalue weighted by molar-refractivity contribution is -0.184. The van der Waals surface area contributed by atoms with Crippen LogP contribution in [0.5, 0.6) is 5.75 Å². The third-order valence-electron chi connectivity index (χ3n) is 7.53. The number of benzene rings is 1. The Hall–Kier alpha value is -2.23. The molecule has 0 radical (unpaired) electrons. The summed E-state index contributed by atoms with van der Waals surface area (Å²) >= 11 is 0. The monoisotopic (exact) mass is 490 g/mol. The van der Waals surface area contributed by atoms with E-state index in [1.807, 2.05) is 4.90 Å². The van der Waals surface area contributed by atoms with Gasteiger partial charge >= 0.3 is 0 Å². The highest BCUT2D eigenvalue weighted by Gasteiger charge is 2.26. The normalized spacial score (nSPS) is 24.3. The van der Waals surface area contributed by atoms with E-state index in [0.717, 1.165) is 77.3 Å². The Morgan fingerprint density at radius 1 is 1.14 bits per heavy atom. The maximum absolute atomic E-state index is 13.6.